The topological polar surface area (TPSA) is 38.9 Å². The Balaban J connectivity index is 2.12. The highest BCUT2D eigenvalue weighted by Crippen LogP contribution is 2.29. The molecule has 3 heteroatoms. The van der Waals surface area contributed by atoms with Gasteiger partial charge in [0.05, 0.1) is 10.7 Å². The lowest BCUT2D eigenvalue weighted by Crippen LogP contribution is -2.15. The van der Waals surface area contributed by atoms with Gasteiger partial charge in [-0.3, -0.25) is 0 Å². The van der Waals surface area contributed by atoms with Gasteiger partial charge in [0.25, 0.3) is 0 Å². The molecule has 0 bridgehead atoms. The molecule has 0 unspecified atom stereocenters. The fourth-order valence-corrected chi connectivity index (χ4v) is 3.28. The van der Waals surface area contributed by atoms with Crippen LogP contribution in [0, 0.1) is 0 Å². The van der Waals surface area contributed by atoms with Gasteiger partial charge in [0.15, 0.2) is 0 Å². The molecule has 0 atom stereocenters. The molecule has 2 nitrogen and oxygen atoms in total. The van der Waals surface area contributed by atoms with Crippen LogP contribution in [0.2, 0.25) is 0 Å². The average molecular weight is 274 g/mol. The minimum absolute atomic E-state index is 0.0796. The molecule has 2 rings (SSSR count). The SMILES string of the molecule is CC(C)(C)c1nc(CCc2ccccc2)sc1CN. The molecule has 0 aliphatic rings. The summed E-state index contributed by atoms with van der Waals surface area (Å²) in [5.74, 6) is 0. The molecule has 0 spiro atoms. The van der Waals surface area contributed by atoms with Crippen LogP contribution in [0.25, 0.3) is 0 Å². The molecule has 102 valence electrons. The Morgan fingerprint density at radius 3 is 2.32 bits per heavy atom. The van der Waals surface area contributed by atoms with Crippen LogP contribution >= 0.6 is 11.3 Å². The van der Waals surface area contributed by atoms with Crippen molar-refractivity contribution in [2.75, 3.05) is 0 Å². The molecule has 2 aromatic rings. The van der Waals surface area contributed by atoms with E-state index in [0.29, 0.717) is 6.54 Å². The summed E-state index contributed by atoms with van der Waals surface area (Å²) in [6.07, 6.45) is 2.04. The predicted molar refractivity (Wildman–Crippen MR) is 82.6 cm³/mol. The van der Waals surface area contributed by atoms with Crippen LogP contribution in [-0.2, 0) is 24.8 Å². The van der Waals surface area contributed by atoms with Gasteiger partial charge in [-0.1, -0.05) is 51.1 Å². The Bertz CT molecular complexity index is 523. The van der Waals surface area contributed by atoms with Crippen molar-refractivity contribution in [1.82, 2.24) is 4.98 Å². The highest BCUT2D eigenvalue weighted by atomic mass is 32.1. The third-order valence-electron chi connectivity index (χ3n) is 3.11. The highest BCUT2D eigenvalue weighted by Gasteiger charge is 2.22. The molecular weight excluding hydrogens is 252 g/mol. The van der Waals surface area contributed by atoms with Crippen LogP contribution in [0.1, 0.15) is 41.9 Å². The van der Waals surface area contributed by atoms with E-state index >= 15 is 0 Å². The van der Waals surface area contributed by atoms with Crippen LogP contribution in [0.3, 0.4) is 0 Å². The van der Waals surface area contributed by atoms with E-state index in [1.807, 2.05) is 0 Å². The van der Waals surface area contributed by atoms with Crippen molar-refractivity contribution < 1.29 is 0 Å². The van der Waals surface area contributed by atoms with Crippen LogP contribution < -0.4 is 5.73 Å². The Morgan fingerprint density at radius 2 is 1.79 bits per heavy atom. The van der Waals surface area contributed by atoms with E-state index in [-0.39, 0.29) is 5.41 Å². The van der Waals surface area contributed by atoms with Crippen LogP contribution in [0.5, 0.6) is 0 Å². The summed E-state index contributed by atoms with van der Waals surface area (Å²) in [6.45, 7) is 7.18. The van der Waals surface area contributed by atoms with Crippen molar-refractivity contribution >= 4 is 11.3 Å². The number of rotatable bonds is 4. The third kappa shape index (κ3) is 3.64. The van der Waals surface area contributed by atoms with E-state index in [2.05, 4.69) is 51.1 Å². The normalized spacial score (nSPS) is 11.8. The van der Waals surface area contributed by atoms with Crippen LogP contribution in [-0.4, -0.2) is 4.98 Å². The first-order valence-electron chi connectivity index (χ1n) is 6.74. The van der Waals surface area contributed by atoms with Crippen molar-refractivity contribution in [1.29, 1.82) is 0 Å². The van der Waals surface area contributed by atoms with Crippen molar-refractivity contribution in [3.8, 4) is 0 Å². The minimum Gasteiger partial charge on any atom is -0.326 e. The lowest BCUT2D eigenvalue weighted by molar-refractivity contribution is 0.564. The number of aromatic nitrogens is 1. The van der Waals surface area contributed by atoms with E-state index in [1.54, 1.807) is 11.3 Å². The maximum absolute atomic E-state index is 5.84. The monoisotopic (exact) mass is 274 g/mol. The molecule has 0 saturated heterocycles. The molecule has 1 heterocycles. The van der Waals surface area contributed by atoms with Gasteiger partial charge in [-0.15, -0.1) is 11.3 Å². The maximum Gasteiger partial charge on any atom is 0.0935 e. The summed E-state index contributed by atoms with van der Waals surface area (Å²) in [4.78, 5) is 6.04. The number of aryl methyl sites for hydroxylation is 2. The second-order valence-electron chi connectivity index (χ2n) is 5.82. The van der Waals surface area contributed by atoms with Gasteiger partial charge in [0.1, 0.15) is 0 Å². The average Bonchev–Trinajstić information content (AvgIpc) is 2.81. The number of hydrogen-bond donors (Lipinski definition) is 1. The van der Waals surface area contributed by atoms with E-state index in [4.69, 9.17) is 10.7 Å². The molecule has 0 saturated carbocycles. The zero-order valence-electron chi connectivity index (χ0n) is 11.9. The second kappa shape index (κ2) is 5.85. The molecule has 1 aromatic carbocycles. The summed E-state index contributed by atoms with van der Waals surface area (Å²) in [5.41, 5.74) is 8.45. The number of benzene rings is 1. The fourth-order valence-electron chi connectivity index (χ4n) is 2.13. The largest absolute Gasteiger partial charge is 0.326 e. The van der Waals surface area contributed by atoms with E-state index in [1.165, 1.54) is 21.1 Å². The van der Waals surface area contributed by atoms with Crippen molar-refractivity contribution in [2.24, 2.45) is 5.73 Å². The first-order chi connectivity index (χ1) is 9.00. The van der Waals surface area contributed by atoms with Crippen molar-refractivity contribution in [2.45, 2.75) is 45.6 Å². The third-order valence-corrected chi connectivity index (χ3v) is 4.25. The maximum atomic E-state index is 5.84. The van der Waals surface area contributed by atoms with E-state index in [9.17, 15) is 0 Å². The molecule has 2 N–H and O–H groups in total. The molecule has 0 amide bonds. The number of nitrogens with two attached hydrogens (primary N) is 1. The number of hydrogen-bond acceptors (Lipinski definition) is 3. The molecular formula is C16H22N2S. The zero-order valence-corrected chi connectivity index (χ0v) is 12.8. The fraction of sp³-hybridized carbons (Fsp3) is 0.438. The van der Waals surface area contributed by atoms with Crippen molar-refractivity contribution in [3.63, 3.8) is 0 Å². The lowest BCUT2D eigenvalue weighted by atomic mass is 9.91. The summed E-state index contributed by atoms with van der Waals surface area (Å²) in [6, 6.07) is 10.6. The second-order valence-corrected chi connectivity index (χ2v) is 6.99. The molecule has 0 aliphatic carbocycles. The van der Waals surface area contributed by atoms with Gasteiger partial charge >= 0.3 is 0 Å². The summed E-state index contributed by atoms with van der Waals surface area (Å²) in [5, 5.41) is 1.20. The molecule has 1 aromatic heterocycles. The smallest absolute Gasteiger partial charge is 0.0935 e. The quantitative estimate of drug-likeness (QED) is 0.923. The lowest BCUT2D eigenvalue weighted by Gasteiger charge is -2.16. The van der Waals surface area contributed by atoms with E-state index < -0.39 is 0 Å². The molecule has 0 radical (unpaired) electrons. The Labute approximate surface area is 119 Å². The standard InChI is InChI=1S/C16H22N2S/c1-16(2,3)15-13(11-17)19-14(18-15)10-9-12-7-5-4-6-8-12/h4-8H,9-11,17H2,1-3H3. The summed E-state index contributed by atoms with van der Waals surface area (Å²) < 4.78 is 0. The minimum atomic E-state index is 0.0796. The van der Waals surface area contributed by atoms with Gasteiger partial charge in [-0.25, -0.2) is 4.98 Å². The van der Waals surface area contributed by atoms with Crippen LogP contribution in [0.4, 0.5) is 0 Å². The van der Waals surface area contributed by atoms with Gasteiger partial charge in [0, 0.05) is 23.3 Å². The molecule has 0 fully saturated rings. The Morgan fingerprint density at radius 1 is 1.11 bits per heavy atom. The van der Waals surface area contributed by atoms with Gasteiger partial charge in [0.2, 0.25) is 0 Å². The number of thiazole rings is 1. The predicted octanol–water partition coefficient (Wildman–Crippen LogP) is 3.68. The van der Waals surface area contributed by atoms with Gasteiger partial charge in [-0.2, -0.15) is 0 Å². The van der Waals surface area contributed by atoms with Crippen molar-refractivity contribution in [3.05, 3.63) is 51.5 Å². The molecule has 0 aliphatic heterocycles. The van der Waals surface area contributed by atoms with Crippen LogP contribution in [0.15, 0.2) is 30.3 Å². The number of nitrogens with zero attached hydrogens (tertiary/aromatic N) is 1. The van der Waals surface area contributed by atoms with Gasteiger partial charge in [-0.05, 0) is 12.0 Å². The highest BCUT2D eigenvalue weighted by molar-refractivity contribution is 7.11. The zero-order chi connectivity index (χ0) is 13.9. The summed E-state index contributed by atoms with van der Waals surface area (Å²) in [7, 11) is 0. The Kier molecular flexibility index (Phi) is 4.38. The summed E-state index contributed by atoms with van der Waals surface area (Å²) >= 11 is 1.77. The Hall–Kier alpha value is -1.19. The first kappa shape index (κ1) is 14.2. The molecule has 19 heavy (non-hydrogen) atoms. The van der Waals surface area contributed by atoms with Gasteiger partial charge < -0.3 is 5.73 Å². The van der Waals surface area contributed by atoms with E-state index in [0.717, 1.165) is 12.8 Å². The first-order valence-corrected chi connectivity index (χ1v) is 7.55.